The van der Waals surface area contributed by atoms with Crippen LogP contribution in [0.25, 0.3) is 0 Å². The summed E-state index contributed by atoms with van der Waals surface area (Å²) in [5, 5.41) is 11.9. The molecule has 2 aromatic carbocycles. The first-order valence-corrected chi connectivity index (χ1v) is 15.2. The summed E-state index contributed by atoms with van der Waals surface area (Å²) in [6, 6.07) is 14.9. The fourth-order valence-electron chi connectivity index (χ4n) is 7.29. The first-order chi connectivity index (χ1) is 18.5. The van der Waals surface area contributed by atoms with Crippen molar-refractivity contribution < 1.29 is 24.2 Å². The number of alkyl carbamates (subject to hydrolysis) is 1. The van der Waals surface area contributed by atoms with E-state index in [-0.39, 0.29) is 17.0 Å². The molecule has 4 fully saturated rings. The maximum absolute atomic E-state index is 13.4. The minimum absolute atomic E-state index is 0.0354. The van der Waals surface area contributed by atoms with E-state index in [9.17, 15) is 19.5 Å². The smallest absolute Gasteiger partial charge is 0.408 e. The maximum Gasteiger partial charge on any atom is 0.408 e. The molecule has 4 aliphatic carbocycles. The number of rotatable bonds is 9. The van der Waals surface area contributed by atoms with E-state index in [0.29, 0.717) is 11.3 Å². The van der Waals surface area contributed by atoms with Crippen LogP contribution in [0.5, 0.6) is 0 Å². The summed E-state index contributed by atoms with van der Waals surface area (Å²) >= 11 is 1.41. The molecule has 1 atom stereocenters. The highest BCUT2D eigenvalue weighted by Crippen LogP contribution is 2.60. The summed E-state index contributed by atoms with van der Waals surface area (Å²) in [6.07, 6.45) is 7.29. The van der Waals surface area contributed by atoms with Gasteiger partial charge in [-0.2, -0.15) is 11.8 Å². The van der Waals surface area contributed by atoms with E-state index in [1.165, 1.54) is 55.9 Å². The first-order valence-electron chi connectivity index (χ1n) is 14.0. The van der Waals surface area contributed by atoms with Gasteiger partial charge >= 0.3 is 12.1 Å². The lowest BCUT2D eigenvalue weighted by molar-refractivity contribution is -0.138. The normalized spacial score (nSPS) is 26.2. The van der Waals surface area contributed by atoms with Gasteiger partial charge in [-0.15, -0.1) is 0 Å². The van der Waals surface area contributed by atoms with Gasteiger partial charge in [0, 0.05) is 22.6 Å². The monoisotopic (exact) mass is 549 g/mol. The average Bonchev–Trinajstić information content (AvgIpc) is 2.86. The lowest BCUT2D eigenvalue weighted by Crippen LogP contribution is -2.48. The number of hydrogen-bond donors (Lipinski definition) is 2. The predicted molar refractivity (Wildman–Crippen MR) is 153 cm³/mol. The number of hydrogen-bond acceptors (Lipinski definition) is 5. The van der Waals surface area contributed by atoms with Crippen molar-refractivity contribution in [2.75, 3.05) is 5.75 Å². The van der Waals surface area contributed by atoms with E-state index in [1.54, 1.807) is 20.8 Å². The molecule has 0 aliphatic heterocycles. The van der Waals surface area contributed by atoms with Crippen molar-refractivity contribution in [1.29, 1.82) is 0 Å². The third-order valence-electron chi connectivity index (χ3n) is 8.53. The number of nitrogens with one attached hydrogen (secondary N) is 1. The summed E-state index contributed by atoms with van der Waals surface area (Å²) in [6.45, 7) is 5.18. The van der Waals surface area contributed by atoms with Gasteiger partial charge in [0.15, 0.2) is 5.78 Å². The predicted octanol–water partition coefficient (Wildman–Crippen LogP) is 6.60. The summed E-state index contributed by atoms with van der Waals surface area (Å²) in [5.74, 6) is 2.28. The third-order valence-corrected chi connectivity index (χ3v) is 9.64. The van der Waals surface area contributed by atoms with Gasteiger partial charge in [0.1, 0.15) is 11.6 Å². The van der Waals surface area contributed by atoms with Crippen molar-refractivity contribution in [1.82, 2.24) is 5.32 Å². The molecule has 6 nitrogen and oxygen atoms in total. The largest absolute Gasteiger partial charge is 0.480 e. The second-order valence-corrected chi connectivity index (χ2v) is 13.9. The van der Waals surface area contributed by atoms with Crippen molar-refractivity contribution in [3.05, 3.63) is 70.8 Å². The number of thioether (sulfide) groups is 1. The van der Waals surface area contributed by atoms with Crippen LogP contribution < -0.4 is 5.32 Å². The summed E-state index contributed by atoms with van der Waals surface area (Å²) in [4.78, 5) is 36.9. The molecule has 2 N–H and O–H groups in total. The highest BCUT2D eigenvalue weighted by atomic mass is 32.2. The van der Waals surface area contributed by atoms with Crippen LogP contribution in [0.4, 0.5) is 4.79 Å². The summed E-state index contributed by atoms with van der Waals surface area (Å²) < 4.78 is 5.17. The number of carboxylic acid groups (broad SMARTS) is 1. The molecule has 1 amide bonds. The molecular formula is C32H39NO5S. The quantitative estimate of drug-likeness (QED) is 0.343. The van der Waals surface area contributed by atoms with Crippen molar-refractivity contribution in [3.8, 4) is 0 Å². The van der Waals surface area contributed by atoms with Gasteiger partial charge in [0.2, 0.25) is 0 Å². The zero-order valence-electron chi connectivity index (χ0n) is 23.1. The highest BCUT2D eigenvalue weighted by molar-refractivity contribution is 7.98. The average molecular weight is 550 g/mol. The van der Waals surface area contributed by atoms with Crippen LogP contribution in [-0.2, 0) is 20.7 Å². The molecule has 0 heterocycles. The van der Waals surface area contributed by atoms with Crippen LogP contribution in [-0.4, -0.2) is 40.3 Å². The van der Waals surface area contributed by atoms with Gasteiger partial charge in [-0.25, -0.2) is 9.59 Å². The number of ether oxygens (including phenoxy) is 1. The number of carboxylic acids is 1. The van der Waals surface area contributed by atoms with E-state index in [1.807, 2.05) is 30.3 Å². The summed E-state index contributed by atoms with van der Waals surface area (Å²) in [7, 11) is 0. The topological polar surface area (TPSA) is 92.7 Å². The number of ketones is 1. The molecule has 0 saturated heterocycles. The molecule has 0 aromatic heterocycles. The SMILES string of the molecule is CC(C)(C)OC(=O)NC(CSCc1ccc(C(=O)c2cccc(C34CC5CC(CC(C5)C3)C4)c2)cc1)C(=O)O. The van der Waals surface area contributed by atoms with Crippen molar-refractivity contribution >= 4 is 29.6 Å². The van der Waals surface area contributed by atoms with Crippen LogP contribution in [0.2, 0.25) is 0 Å². The Morgan fingerprint density at radius 3 is 2.15 bits per heavy atom. The van der Waals surface area contributed by atoms with Crippen LogP contribution in [0.15, 0.2) is 48.5 Å². The molecule has 0 radical (unpaired) electrons. The Labute approximate surface area is 235 Å². The van der Waals surface area contributed by atoms with Crippen LogP contribution in [0, 0.1) is 17.8 Å². The van der Waals surface area contributed by atoms with E-state index in [0.717, 1.165) is 28.9 Å². The molecular weight excluding hydrogens is 510 g/mol. The number of benzene rings is 2. The van der Waals surface area contributed by atoms with Gasteiger partial charge in [0.25, 0.3) is 0 Å². The van der Waals surface area contributed by atoms with E-state index >= 15 is 0 Å². The van der Waals surface area contributed by atoms with Gasteiger partial charge in [-0.3, -0.25) is 4.79 Å². The maximum atomic E-state index is 13.4. The Bertz CT molecular complexity index is 1200. The van der Waals surface area contributed by atoms with Crippen molar-refractivity contribution in [2.24, 2.45) is 17.8 Å². The molecule has 4 aliphatic rings. The highest BCUT2D eigenvalue weighted by Gasteiger charge is 2.51. The van der Waals surface area contributed by atoms with Gasteiger partial charge in [-0.1, -0.05) is 42.5 Å². The Morgan fingerprint density at radius 1 is 0.974 bits per heavy atom. The molecule has 208 valence electrons. The Kier molecular flexibility index (Phi) is 7.82. The zero-order valence-corrected chi connectivity index (χ0v) is 23.9. The molecule has 0 spiro atoms. The second-order valence-electron chi connectivity index (χ2n) is 12.9. The lowest BCUT2D eigenvalue weighted by atomic mass is 9.48. The first kappa shape index (κ1) is 27.8. The fraction of sp³-hybridized carbons (Fsp3) is 0.531. The molecule has 4 bridgehead atoms. The van der Waals surface area contributed by atoms with Gasteiger partial charge in [0.05, 0.1) is 0 Å². The summed E-state index contributed by atoms with van der Waals surface area (Å²) in [5.41, 5.74) is 3.31. The Morgan fingerprint density at radius 2 is 1.59 bits per heavy atom. The number of carbonyl (C=O) groups excluding carboxylic acids is 2. The van der Waals surface area contributed by atoms with Gasteiger partial charge < -0.3 is 15.2 Å². The molecule has 2 aromatic rings. The van der Waals surface area contributed by atoms with Gasteiger partial charge in [-0.05, 0) is 99.7 Å². The lowest BCUT2D eigenvalue weighted by Gasteiger charge is -2.57. The van der Waals surface area contributed by atoms with Crippen LogP contribution in [0.1, 0.15) is 86.3 Å². The number of aliphatic carboxylic acids is 1. The molecule has 6 rings (SSSR count). The fourth-order valence-corrected chi connectivity index (χ4v) is 8.30. The standard InChI is InChI=1S/C32H39NO5S/c1-31(2,3)38-30(37)33-27(29(35)36)19-39-18-20-7-9-24(10-8-20)28(34)25-5-4-6-26(14-25)32-15-21-11-22(16-32)13-23(12-21)17-32/h4-10,14,21-23,27H,11-13,15-19H2,1-3H3,(H,33,37)(H,35,36). The van der Waals surface area contributed by atoms with Crippen LogP contribution in [0.3, 0.4) is 0 Å². The molecule has 7 heteroatoms. The van der Waals surface area contributed by atoms with E-state index < -0.39 is 23.7 Å². The second kappa shape index (κ2) is 11.0. The Hall–Kier alpha value is -2.80. The number of carbonyl (C=O) groups is 3. The minimum Gasteiger partial charge on any atom is -0.480 e. The molecule has 4 saturated carbocycles. The van der Waals surface area contributed by atoms with Crippen LogP contribution >= 0.6 is 11.8 Å². The van der Waals surface area contributed by atoms with Crippen molar-refractivity contribution in [2.45, 2.75) is 82.1 Å². The van der Waals surface area contributed by atoms with E-state index in [4.69, 9.17) is 4.74 Å². The third kappa shape index (κ3) is 6.51. The minimum atomic E-state index is -1.11. The molecule has 39 heavy (non-hydrogen) atoms. The Balaban J connectivity index is 1.18. The number of amides is 1. The van der Waals surface area contributed by atoms with E-state index in [2.05, 4.69) is 23.5 Å². The van der Waals surface area contributed by atoms with Crippen molar-refractivity contribution in [3.63, 3.8) is 0 Å². The zero-order chi connectivity index (χ0) is 27.8. The molecule has 1 unspecified atom stereocenters.